The Hall–Kier alpha value is -2.64. The van der Waals surface area contributed by atoms with E-state index in [0.717, 1.165) is 16.6 Å². The minimum Gasteiger partial charge on any atom is -0.486 e. The van der Waals surface area contributed by atoms with E-state index in [-0.39, 0.29) is 51.6 Å². The van der Waals surface area contributed by atoms with Crippen LogP contribution in [0.3, 0.4) is 0 Å². The van der Waals surface area contributed by atoms with Gasteiger partial charge in [-0.25, -0.2) is 25.3 Å². The smallest absolute Gasteiger partial charge is 0.310 e. The lowest BCUT2D eigenvalue weighted by Crippen LogP contribution is -2.44. The molecular formula is C26H33NO9S3. The summed E-state index contributed by atoms with van der Waals surface area (Å²) in [6, 6.07) is 9.75. The topological polar surface area (TPSA) is 141 Å². The molecule has 0 unspecified atom stereocenters. The molecule has 1 heterocycles. The molecule has 0 amide bonds. The number of esters is 1. The van der Waals surface area contributed by atoms with Crippen LogP contribution in [0, 0.1) is 0 Å². The molecule has 2 aromatic rings. The molecule has 1 atom stereocenters. The third-order valence-electron chi connectivity index (χ3n) is 6.30. The standard InChI is InChI=1S/C26H33NO9S3/c1-26(2,3)36-25(28)15-18-8-11-24-23(14-18)27(17-19(35-24)12-13-38(31,32)20-9-10-20)39(33,34)22-7-5-6-21(16-22)37(4,29)30/h5-8,11,14,16,19-20H,9-10,12-13,15,17H2,1-4H3/t19-/m0/s1. The summed E-state index contributed by atoms with van der Waals surface area (Å²) < 4.78 is 89.4. The highest BCUT2D eigenvalue weighted by Gasteiger charge is 2.39. The predicted molar refractivity (Wildman–Crippen MR) is 146 cm³/mol. The highest BCUT2D eigenvalue weighted by molar-refractivity contribution is 7.93. The van der Waals surface area contributed by atoms with Gasteiger partial charge in [0.05, 0.1) is 39.4 Å². The van der Waals surface area contributed by atoms with E-state index in [1.54, 1.807) is 32.9 Å². The van der Waals surface area contributed by atoms with Gasteiger partial charge in [-0.2, -0.15) is 0 Å². The molecule has 0 spiro atoms. The van der Waals surface area contributed by atoms with Gasteiger partial charge >= 0.3 is 5.97 Å². The highest BCUT2D eigenvalue weighted by atomic mass is 32.2. The summed E-state index contributed by atoms with van der Waals surface area (Å²) in [5.41, 5.74) is -0.0313. The molecule has 13 heteroatoms. The third kappa shape index (κ3) is 7.12. The van der Waals surface area contributed by atoms with Crippen LogP contribution in [-0.2, 0) is 45.7 Å². The van der Waals surface area contributed by atoms with Gasteiger partial charge in [-0.1, -0.05) is 12.1 Å². The van der Waals surface area contributed by atoms with E-state index in [2.05, 4.69) is 0 Å². The molecule has 1 fully saturated rings. The van der Waals surface area contributed by atoms with Crippen LogP contribution >= 0.6 is 0 Å². The number of carbonyl (C=O) groups is 1. The first-order valence-electron chi connectivity index (χ1n) is 12.5. The van der Waals surface area contributed by atoms with Gasteiger partial charge in [0.15, 0.2) is 19.7 Å². The number of carbonyl (C=O) groups excluding carboxylic acids is 1. The maximum Gasteiger partial charge on any atom is 0.310 e. The summed E-state index contributed by atoms with van der Waals surface area (Å²) in [6.45, 7) is 5.05. The summed E-state index contributed by atoms with van der Waals surface area (Å²) in [5.74, 6) is -0.408. The van der Waals surface area contributed by atoms with E-state index in [4.69, 9.17) is 9.47 Å². The second-order valence-corrected chi connectivity index (χ2v) is 17.2. The molecule has 1 aliphatic heterocycles. The van der Waals surface area contributed by atoms with Crippen molar-refractivity contribution in [3.63, 3.8) is 0 Å². The Balaban J connectivity index is 1.70. The van der Waals surface area contributed by atoms with Crippen LogP contribution in [-0.4, -0.2) is 66.7 Å². The van der Waals surface area contributed by atoms with Crippen molar-refractivity contribution < 1.29 is 39.5 Å². The minimum absolute atomic E-state index is 0.0906. The van der Waals surface area contributed by atoms with E-state index in [9.17, 15) is 30.0 Å². The number of benzene rings is 2. The quantitative estimate of drug-likeness (QED) is 0.398. The Bertz CT molecular complexity index is 1590. The average molecular weight is 600 g/mol. The van der Waals surface area contributed by atoms with E-state index in [1.807, 2.05) is 0 Å². The number of ether oxygens (including phenoxy) is 2. The molecule has 1 saturated carbocycles. The Kier molecular flexibility index (Phi) is 7.82. The Morgan fingerprint density at radius 2 is 1.67 bits per heavy atom. The van der Waals surface area contributed by atoms with Crippen molar-refractivity contribution >= 4 is 41.4 Å². The average Bonchev–Trinajstić information content (AvgIpc) is 3.67. The lowest BCUT2D eigenvalue weighted by molar-refractivity contribution is -0.153. The second-order valence-electron chi connectivity index (χ2n) is 10.9. The van der Waals surface area contributed by atoms with Crippen molar-refractivity contribution in [2.24, 2.45) is 0 Å². The summed E-state index contributed by atoms with van der Waals surface area (Å²) >= 11 is 0. The van der Waals surface area contributed by atoms with Gasteiger partial charge in [-0.15, -0.1) is 0 Å². The summed E-state index contributed by atoms with van der Waals surface area (Å²) in [7, 11) is -11.3. The zero-order valence-electron chi connectivity index (χ0n) is 22.3. The fourth-order valence-electron chi connectivity index (χ4n) is 4.27. The Morgan fingerprint density at radius 1 is 1.00 bits per heavy atom. The number of anilines is 1. The molecule has 0 N–H and O–H groups in total. The SMILES string of the molecule is CC(C)(C)OC(=O)Cc1ccc2c(c1)N(S(=O)(=O)c1cccc(S(C)(=O)=O)c1)C[C@H](CCS(=O)(=O)C1CC1)O2. The van der Waals surface area contributed by atoms with Gasteiger partial charge in [0, 0.05) is 6.26 Å². The van der Waals surface area contributed by atoms with Gasteiger partial charge in [-0.05, 0) is 75.9 Å². The molecule has 0 bridgehead atoms. The number of fused-ring (bicyclic) bond motifs is 1. The number of hydrogen-bond donors (Lipinski definition) is 0. The van der Waals surface area contributed by atoms with Crippen molar-refractivity contribution in [2.45, 2.75) is 73.2 Å². The molecule has 1 aliphatic carbocycles. The van der Waals surface area contributed by atoms with Crippen LogP contribution in [0.1, 0.15) is 45.6 Å². The van der Waals surface area contributed by atoms with Crippen molar-refractivity contribution in [1.29, 1.82) is 0 Å². The molecule has 0 radical (unpaired) electrons. The van der Waals surface area contributed by atoms with Gasteiger partial charge in [0.25, 0.3) is 10.0 Å². The molecule has 214 valence electrons. The van der Waals surface area contributed by atoms with E-state index in [1.165, 1.54) is 24.3 Å². The number of nitrogens with zero attached hydrogens (tertiary/aromatic N) is 1. The molecule has 2 aliphatic rings. The fraction of sp³-hybridized carbons (Fsp3) is 0.500. The van der Waals surface area contributed by atoms with Crippen molar-refractivity contribution in [3.8, 4) is 5.75 Å². The molecule has 0 saturated heterocycles. The van der Waals surface area contributed by atoms with Gasteiger partial charge in [0.2, 0.25) is 0 Å². The normalized spacial score (nSPS) is 18.3. The molecule has 4 rings (SSSR count). The van der Waals surface area contributed by atoms with Gasteiger partial charge in [-0.3, -0.25) is 9.10 Å². The molecule has 10 nitrogen and oxygen atoms in total. The number of hydrogen-bond acceptors (Lipinski definition) is 9. The van der Waals surface area contributed by atoms with Crippen LogP contribution in [0.4, 0.5) is 5.69 Å². The van der Waals surface area contributed by atoms with Gasteiger partial charge in [0.1, 0.15) is 17.5 Å². The molecule has 0 aromatic heterocycles. The first-order chi connectivity index (χ1) is 18.0. The summed E-state index contributed by atoms with van der Waals surface area (Å²) in [5, 5.41) is -0.345. The minimum atomic E-state index is -4.30. The first-order valence-corrected chi connectivity index (χ1v) is 17.6. The van der Waals surface area contributed by atoms with Crippen LogP contribution < -0.4 is 9.04 Å². The lowest BCUT2D eigenvalue weighted by Gasteiger charge is -2.36. The van der Waals surface area contributed by atoms with Crippen molar-refractivity contribution in [2.75, 3.05) is 22.9 Å². The lowest BCUT2D eigenvalue weighted by atomic mass is 10.1. The van der Waals surface area contributed by atoms with Crippen molar-refractivity contribution in [1.82, 2.24) is 0 Å². The maximum absolute atomic E-state index is 13.9. The summed E-state index contributed by atoms with van der Waals surface area (Å²) in [6.07, 6.45) is 1.49. The summed E-state index contributed by atoms with van der Waals surface area (Å²) in [4.78, 5) is 12.0. The number of rotatable bonds is 9. The van der Waals surface area contributed by atoms with Gasteiger partial charge < -0.3 is 9.47 Å². The van der Waals surface area contributed by atoms with Crippen LogP contribution in [0.2, 0.25) is 0 Å². The zero-order chi connectivity index (χ0) is 28.8. The maximum atomic E-state index is 13.9. The number of sulfone groups is 2. The Morgan fingerprint density at radius 3 is 2.28 bits per heavy atom. The fourth-order valence-corrected chi connectivity index (χ4v) is 8.34. The van der Waals surface area contributed by atoms with E-state index < -0.39 is 47.4 Å². The Labute approximate surface area is 230 Å². The molecule has 2 aromatic carbocycles. The van der Waals surface area contributed by atoms with Crippen LogP contribution in [0.5, 0.6) is 5.75 Å². The number of sulfonamides is 1. The third-order valence-corrected chi connectivity index (χ3v) is 11.5. The van der Waals surface area contributed by atoms with Crippen molar-refractivity contribution in [3.05, 3.63) is 48.0 Å². The molecule has 39 heavy (non-hydrogen) atoms. The predicted octanol–water partition coefficient (Wildman–Crippen LogP) is 2.90. The highest BCUT2D eigenvalue weighted by Crippen LogP contribution is 2.39. The zero-order valence-corrected chi connectivity index (χ0v) is 24.7. The monoisotopic (exact) mass is 599 g/mol. The molecular weight excluding hydrogens is 566 g/mol. The second kappa shape index (κ2) is 10.4. The van der Waals surface area contributed by atoms with Crippen LogP contribution in [0.25, 0.3) is 0 Å². The first kappa shape index (κ1) is 29.3. The van der Waals surface area contributed by atoms with E-state index >= 15 is 0 Å². The van der Waals surface area contributed by atoms with E-state index in [0.29, 0.717) is 18.4 Å². The largest absolute Gasteiger partial charge is 0.486 e. The van der Waals surface area contributed by atoms with Crippen LogP contribution in [0.15, 0.2) is 52.3 Å².